The average molecular weight is 527 g/mol. The molecular weight excluding hydrogens is 493 g/mol. The fourth-order valence-electron chi connectivity index (χ4n) is 4.04. The summed E-state index contributed by atoms with van der Waals surface area (Å²) in [4.78, 5) is 28.7. The zero-order valence-corrected chi connectivity index (χ0v) is 21.1. The van der Waals surface area contributed by atoms with Gasteiger partial charge >= 0.3 is 12.2 Å². The van der Waals surface area contributed by atoms with Crippen LogP contribution in [0.3, 0.4) is 0 Å². The fourth-order valence-corrected chi connectivity index (χ4v) is 4.04. The first-order chi connectivity index (χ1) is 17.5. The predicted molar refractivity (Wildman–Crippen MR) is 128 cm³/mol. The van der Waals surface area contributed by atoms with Crippen LogP contribution >= 0.6 is 0 Å². The van der Waals surface area contributed by atoms with E-state index < -0.39 is 29.9 Å². The van der Waals surface area contributed by atoms with Crippen LogP contribution in [0.1, 0.15) is 37.9 Å². The Balaban J connectivity index is 1.75. The molecule has 1 aliphatic rings. The monoisotopic (exact) mass is 526 g/mol. The summed E-state index contributed by atoms with van der Waals surface area (Å²) in [5.41, 5.74) is -0.254. The second-order valence-corrected chi connectivity index (χ2v) is 9.37. The Morgan fingerprint density at radius 3 is 2.84 bits per heavy atom. The van der Waals surface area contributed by atoms with Gasteiger partial charge in [-0.05, 0) is 31.5 Å². The molecule has 2 bridgehead atoms. The minimum absolute atomic E-state index is 0.0146. The molecule has 13 heteroatoms. The lowest BCUT2D eigenvalue weighted by molar-refractivity contribution is -0.137. The maximum atomic E-state index is 13.0. The summed E-state index contributed by atoms with van der Waals surface area (Å²) in [5, 5.41) is 20.3. The van der Waals surface area contributed by atoms with Crippen molar-refractivity contribution in [2.45, 2.75) is 58.2 Å². The van der Waals surface area contributed by atoms with Crippen LogP contribution in [0.15, 0.2) is 30.5 Å². The van der Waals surface area contributed by atoms with Gasteiger partial charge in [0.1, 0.15) is 5.69 Å². The number of amides is 3. The molecule has 10 nitrogen and oxygen atoms in total. The number of halogens is 3. The van der Waals surface area contributed by atoms with E-state index >= 15 is 0 Å². The normalized spacial score (nSPS) is 20.4. The van der Waals surface area contributed by atoms with E-state index in [9.17, 15) is 27.9 Å². The summed E-state index contributed by atoms with van der Waals surface area (Å²) in [6.07, 6.45) is -2.50. The highest BCUT2D eigenvalue weighted by molar-refractivity contribution is 5.89. The van der Waals surface area contributed by atoms with Crippen LogP contribution in [-0.4, -0.2) is 80.7 Å². The van der Waals surface area contributed by atoms with Crippen LogP contribution < -0.4 is 5.32 Å². The summed E-state index contributed by atoms with van der Waals surface area (Å²) >= 11 is 0. The molecule has 2 heterocycles. The largest absolute Gasteiger partial charge is 0.416 e. The van der Waals surface area contributed by atoms with Gasteiger partial charge in [-0.2, -0.15) is 13.2 Å². The number of aromatic nitrogens is 3. The van der Waals surface area contributed by atoms with Crippen molar-refractivity contribution in [2.24, 2.45) is 5.92 Å². The maximum Gasteiger partial charge on any atom is 0.416 e. The molecule has 1 aromatic carbocycles. The zero-order valence-electron chi connectivity index (χ0n) is 21.1. The van der Waals surface area contributed by atoms with Gasteiger partial charge in [-0.3, -0.25) is 9.48 Å². The van der Waals surface area contributed by atoms with Crippen molar-refractivity contribution in [3.63, 3.8) is 0 Å². The molecule has 2 aromatic rings. The lowest BCUT2D eigenvalue weighted by Crippen LogP contribution is -2.48. The number of fused-ring (bicyclic) bond motifs is 2. The number of nitrogens with one attached hydrogen (secondary N) is 1. The van der Waals surface area contributed by atoms with Gasteiger partial charge in [-0.15, -0.1) is 5.10 Å². The number of nitrogens with zero attached hydrogens (tertiary/aromatic N) is 5. The number of hydrogen-bond donors (Lipinski definition) is 2. The highest BCUT2D eigenvalue weighted by atomic mass is 19.4. The lowest BCUT2D eigenvalue weighted by atomic mass is 10.0. The van der Waals surface area contributed by atoms with E-state index in [2.05, 4.69) is 15.6 Å². The molecular formula is C24H33F3N6O4. The van der Waals surface area contributed by atoms with Gasteiger partial charge in [-0.1, -0.05) is 18.2 Å². The number of anilines is 1. The number of aliphatic hydroxyl groups is 1. The Kier molecular flexibility index (Phi) is 9.49. The molecule has 3 amide bonds. The molecule has 3 atom stereocenters. The SMILES string of the molecule is C[C@H](CO)N1C[C@H](C)[C@H](CN(C)C(=O)Nc2cccc(C(F)(F)F)c2)OCc2cn(nn2)CCCC1=O. The number of ether oxygens (including phenoxy) is 1. The second kappa shape index (κ2) is 12.4. The van der Waals surface area contributed by atoms with Crippen molar-refractivity contribution in [1.82, 2.24) is 24.8 Å². The fraction of sp³-hybridized carbons (Fsp3) is 0.583. The number of urea groups is 1. The van der Waals surface area contributed by atoms with E-state index in [-0.39, 0.29) is 43.7 Å². The Bertz CT molecular complexity index is 1060. The number of aryl methyl sites for hydroxylation is 1. The Labute approximate surface area is 213 Å². The molecule has 1 aliphatic heterocycles. The third kappa shape index (κ3) is 7.89. The molecule has 204 valence electrons. The van der Waals surface area contributed by atoms with Gasteiger partial charge < -0.3 is 25.0 Å². The van der Waals surface area contributed by atoms with Crippen LogP contribution in [-0.2, 0) is 28.9 Å². The van der Waals surface area contributed by atoms with Crippen molar-refractivity contribution >= 4 is 17.6 Å². The number of carbonyl (C=O) groups excluding carboxylic acids is 2. The molecule has 0 radical (unpaired) electrons. The van der Waals surface area contributed by atoms with E-state index in [1.54, 1.807) is 22.7 Å². The zero-order chi connectivity index (χ0) is 27.2. The lowest BCUT2D eigenvalue weighted by Gasteiger charge is -2.35. The number of alkyl halides is 3. The molecule has 0 aliphatic carbocycles. The number of aliphatic hydroxyl groups excluding tert-OH is 1. The van der Waals surface area contributed by atoms with Crippen LogP contribution in [0.2, 0.25) is 0 Å². The van der Waals surface area contributed by atoms with Crippen molar-refractivity contribution in [1.29, 1.82) is 0 Å². The quantitative estimate of drug-likeness (QED) is 0.620. The minimum atomic E-state index is -4.53. The molecule has 2 N–H and O–H groups in total. The van der Waals surface area contributed by atoms with E-state index in [1.165, 1.54) is 24.1 Å². The first kappa shape index (κ1) is 28.4. The summed E-state index contributed by atoms with van der Waals surface area (Å²) < 4.78 is 46.8. The Morgan fingerprint density at radius 2 is 2.14 bits per heavy atom. The first-order valence-electron chi connectivity index (χ1n) is 12.1. The van der Waals surface area contributed by atoms with E-state index in [0.717, 1.165) is 12.1 Å². The van der Waals surface area contributed by atoms with Gasteiger partial charge in [-0.25, -0.2) is 4.79 Å². The summed E-state index contributed by atoms with van der Waals surface area (Å²) in [6.45, 7) is 4.46. The standard InChI is InChI=1S/C24H33F3N6O4/c1-16-11-33(17(2)14-34)22(35)8-5-9-32-12-20(29-30-32)15-37-21(16)13-31(3)23(36)28-19-7-4-6-18(10-19)24(25,26)27/h4,6-7,10,12,16-17,21,34H,5,8-9,11,13-15H2,1-3H3,(H,28,36)/t16-,17+,21-/m0/s1. The van der Waals surface area contributed by atoms with Crippen LogP contribution in [0.4, 0.5) is 23.7 Å². The molecule has 37 heavy (non-hydrogen) atoms. The summed E-state index contributed by atoms with van der Waals surface area (Å²) in [5.74, 6) is -0.361. The summed E-state index contributed by atoms with van der Waals surface area (Å²) in [6, 6.07) is 3.38. The van der Waals surface area contributed by atoms with Gasteiger partial charge in [0.2, 0.25) is 5.91 Å². The van der Waals surface area contributed by atoms with Gasteiger partial charge in [0.15, 0.2) is 0 Å². The Morgan fingerprint density at radius 1 is 1.38 bits per heavy atom. The number of likely N-dealkylation sites (N-methyl/N-ethyl adjacent to an activating group) is 1. The van der Waals surface area contributed by atoms with Crippen LogP contribution in [0, 0.1) is 5.92 Å². The first-order valence-corrected chi connectivity index (χ1v) is 12.1. The van der Waals surface area contributed by atoms with Crippen molar-refractivity contribution in [2.75, 3.05) is 32.1 Å². The van der Waals surface area contributed by atoms with Crippen LogP contribution in [0.25, 0.3) is 0 Å². The number of hydrogen-bond acceptors (Lipinski definition) is 6. The van der Waals surface area contributed by atoms with Crippen molar-refractivity contribution < 1.29 is 32.6 Å². The maximum absolute atomic E-state index is 13.0. The molecule has 3 rings (SSSR count). The highest BCUT2D eigenvalue weighted by Gasteiger charge is 2.31. The smallest absolute Gasteiger partial charge is 0.394 e. The van der Waals surface area contributed by atoms with E-state index in [1.807, 2.05) is 6.92 Å². The van der Waals surface area contributed by atoms with E-state index in [4.69, 9.17) is 4.74 Å². The van der Waals surface area contributed by atoms with E-state index in [0.29, 0.717) is 25.2 Å². The third-order valence-corrected chi connectivity index (χ3v) is 6.29. The molecule has 0 unspecified atom stereocenters. The number of carbonyl (C=O) groups is 2. The van der Waals surface area contributed by atoms with Crippen molar-refractivity contribution in [3.8, 4) is 0 Å². The van der Waals surface area contributed by atoms with Gasteiger partial charge in [0, 0.05) is 44.7 Å². The van der Waals surface area contributed by atoms with Gasteiger partial charge in [0.05, 0.1) is 37.1 Å². The third-order valence-electron chi connectivity index (χ3n) is 6.29. The highest BCUT2D eigenvalue weighted by Crippen LogP contribution is 2.30. The molecule has 0 spiro atoms. The molecule has 0 fully saturated rings. The number of rotatable bonds is 5. The molecule has 0 saturated carbocycles. The topological polar surface area (TPSA) is 113 Å². The predicted octanol–water partition coefficient (Wildman–Crippen LogP) is 2.99. The summed E-state index contributed by atoms with van der Waals surface area (Å²) in [7, 11) is 1.51. The van der Waals surface area contributed by atoms with Crippen LogP contribution in [0.5, 0.6) is 0 Å². The average Bonchev–Trinajstić information content (AvgIpc) is 3.31. The molecule has 1 aromatic heterocycles. The van der Waals surface area contributed by atoms with Crippen molar-refractivity contribution in [3.05, 3.63) is 41.7 Å². The minimum Gasteiger partial charge on any atom is -0.394 e. The second-order valence-electron chi connectivity index (χ2n) is 9.37. The Hall–Kier alpha value is -3.19. The molecule has 0 saturated heterocycles. The number of benzene rings is 1. The van der Waals surface area contributed by atoms with Gasteiger partial charge in [0.25, 0.3) is 0 Å².